The maximum atomic E-state index is 12.7. The molecular formula is C20H21NO4. The number of esters is 1. The van der Waals surface area contributed by atoms with Crippen molar-refractivity contribution in [3.63, 3.8) is 0 Å². The van der Waals surface area contributed by atoms with Crippen LogP contribution in [0.1, 0.15) is 45.2 Å². The summed E-state index contributed by atoms with van der Waals surface area (Å²) in [5.74, 6) is -0.616. The summed E-state index contributed by atoms with van der Waals surface area (Å²) >= 11 is 0. The topological polar surface area (TPSA) is 64.6 Å². The fourth-order valence-electron chi connectivity index (χ4n) is 3.02. The molecule has 0 radical (unpaired) electrons. The molecule has 130 valence electrons. The molecule has 5 nitrogen and oxygen atoms in total. The molecule has 2 aromatic rings. The van der Waals surface area contributed by atoms with Crippen LogP contribution < -0.4 is 5.32 Å². The average molecular weight is 339 g/mol. The number of rotatable bonds is 5. The molecule has 0 aromatic heterocycles. The Morgan fingerprint density at radius 2 is 1.76 bits per heavy atom. The van der Waals surface area contributed by atoms with Gasteiger partial charge in [-0.3, -0.25) is 4.79 Å². The zero-order valence-corrected chi connectivity index (χ0v) is 14.1. The summed E-state index contributed by atoms with van der Waals surface area (Å²) in [6.45, 7) is 0.720. The summed E-state index contributed by atoms with van der Waals surface area (Å²) in [5.41, 5.74) is 1.93. The Hall–Kier alpha value is -2.66. The van der Waals surface area contributed by atoms with E-state index < -0.39 is 5.97 Å². The Bertz CT molecular complexity index is 721. The first-order valence-electron chi connectivity index (χ1n) is 8.35. The van der Waals surface area contributed by atoms with E-state index in [9.17, 15) is 9.59 Å². The molecule has 5 heteroatoms. The molecule has 1 amide bonds. The Balaban J connectivity index is 1.77. The smallest absolute Gasteiger partial charge is 0.337 e. The molecule has 0 spiro atoms. The summed E-state index contributed by atoms with van der Waals surface area (Å²) in [5, 5.41) is 3.07. The van der Waals surface area contributed by atoms with E-state index in [1.165, 1.54) is 7.11 Å². The van der Waals surface area contributed by atoms with E-state index in [0.717, 1.165) is 25.0 Å². The first-order chi connectivity index (χ1) is 12.2. The number of hydrogen-bond acceptors (Lipinski definition) is 4. The highest BCUT2D eigenvalue weighted by Gasteiger charge is 2.28. The monoisotopic (exact) mass is 339 g/mol. The minimum Gasteiger partial charge on any atom is -0.465 e. The predicted octanol–water partition coefficient (Wildman–Crippen LogP) is 3.12. The van der Waals surface area contributed by atoms with Gasteiger partial charge in [-0.05, 0) is 42.7 Å². The molecule has 0 saturated carbocycles. The highest BCUT2D eigenvalue weighted by atomic mass is 16.5. The minimum absolute atomic E-state index is 0.0271. The van der Waals surface area contributed by atoms with E-state index >= 15 is 0 Å². The molecule has 1 heterocycles. The van der Waals surface area contributed by atoms with Crippen molar-refractivity contribution in [1.29, 1.82) is 0 Å². The third-order valence-corrected chi connectivity index (χ3v) is 4.35. The van der Waals surface area contributed by atoms with Crippen molar-refractivity contribution in [1.82, 2.24) is 5.32 Å². The Morgan fingerprint density at radius 1 is 1.08 bits per heavy atom. The summed E-state index contributed by atoms with van der Waals surface area (Å²) in [7, 11) is 1.33. The van der Waals surface area contributed by atoms with Crippen LogP contribution in [0.4, 0.5) is 0 Å². The van der Waals surface area contributed by atoms with Gasteiger partial charge in [0.15, 0.2) is 0 Å². The van der Waals surface area contributed by atoms with Crippen LogP contribution in [0.3, 0.4) is 0 Å². The Morgan fingerprint density at radius 3 is 2.36 bits per heavy atom. The van der Waals surface area contributed by atoms with Crippen molar-refractivity contribution in [3.05, 3.63) is 71.3 Å². The van der Waals surface area contributed by atoms with E-state index in [1.807, 2.05) is 30.3 Å². The van der Waals surface area contributed by atoms with E-state index in [1.54, 1.807) is 24.3 Å². The number of carbonyl (C=O) groups excluding carboxylic acids is 2. The third kappa shape index (κ3) is 4.06. The molecule has 1 fully saturated rings. The second-order valence-electron chi connectivity index (χ2n) is 5.98. The second kappa shape index (κ2) is 7.94. The molecule has 25 heavy (non-hydrogen) atoms. The number of nitrogens with one attached hydrogen (secondary N) is 1. The highest BCUT2D eigenvalue weighted by Crippen LogP contribution is 2.27. The zero-order valence-electron chi connectivity index (χ0n) is 14.1. The lowest BCUT2D eigenvalue weighted by molar-refractivity contribution is 0.0600. The van der Waals surface area contributed by atoms with Crippen LogP contribution in [0, 0.1) is 0 Å². The lowest BCUT2D eigenvalue weighted by Crippen LogP contribution is -2.36. The maximum absolute atomic E-state index is 12.7. The molecule has 0 unspecified atom stereocenters. The fourth-order valence-corrected chi connectivity index (χ4v) is 3.02. The van der Waals surface area contributed by atoms with E-state index in [4.69, 9.17) is 4.74 Å². The number of methoxy groups -OCH3 is 1. The molecule has 3 rings (SSSR count). The number of carbonyl (C=O) groups is 2. The van der Waals surface area contributed by atoms with Crippen molar-refractivity contribution in [2.45, 2.75) is 25.0 Å². The predicted molar refractivity (Wildman–Crippen MR) is 93.4 cm³/mol. The standard InChI is InChI=1S/C20H21NO4/c1-24-20(23)16-11-9-15(10-12-16)19(22)21-18(17-8-5-13-25-17)14-6-3-2-4-7-14/h2-4,6-7,9-12,17-18H,5,8,13H2,1H3,(H,21,22)/t17-,18+/m1/s1. The van der Waals surface area contributed by atoms with Crippen molar-refractivity contribution in [3.8, 4) is 0 Å². The maximum Gasteiger partial charge on any atom is 0.337 e. The molecule has 1 aliphatic heterocycles. The first kappa shape index (κ1) is 17.2. The lowest BCUT2D eigenvalue weighted by Gasteiger charge is -2.24. The van der Waals surface area contributed by atoms with Gasteiger partial charge < -0.3 is 14.8 Å². The Labute approximate surface area is 147 Å². The van der Waals surface area contributed by atoms with Gasteiger partial charge in [0.05, 0.1) is 24.8 Å². The van der Waals surface area contributed by atoms with Gasteiger partial charge in [-0.2, -0.15) is 0 Å². The normalized spacial score (nSPS) is 17.7. The van der Waals surface area contributed by atoms with Crippen LogP contribution in [0.15, 0.2) is 54.6 Å². The summed E-state index contributed by atoms with van der Waals surface area (Å²) in [6.07, 6.45) is 1.89. The van der Waals surface area contributed by atoms with Gasteiger partial charge in [0.25, 0.3) is 5.91 Å². The van der Waals surface area contributed by atoms with Crippen LogP contribution in [0.2, 0.25) is 0 Å². The molecule has 2 aromatic carbocycles. The van der Waals surface area contributed by atoms with E-state index in [2.05, 4.69) is 10.1 Å². The number of amides is 1. The third-order valence-electron chi connectivity index (χ3n) is 4.35. The van der Waals surface area contributed by atoms with Crippen molar-refractivity contribution in [2.24, 2.45) is 0 Å². The SMILES string of the molecule is COC(=O)c1ccc(C(=O)N[C@@H](c2ccccc2)[C@H]2CCCO2)cc1. The van der Waals surface area contributed by atoms with Crippen LogP contribution in [0.25, 0.3) is 0 Å². The number of ether oxygens (including phenoxy) is 2. The zero-order chi connectivity index (χ0) is 17.6. The van der Waals surface area contributed by atoms with Gasteiger partial charge in [-0.25, -0.2) is 4.79 Å². The number of hydrogen-bond donors (Lipinski definition) is 1. The highest BCUT2D eigenvalue weighted by molar-refractivity contribution is 5.96. The van der Waals surface area contributed by atoms with Gasteiger partial charge in [-0.1, -0.05) is 30.3 Å². The van der Waals surface area contributed by atoms with Crippen molar-refractivity contribution >= 4 is 11.9 Å². The lowest BCUT2D eigenvalue weighted by atomic mass is 9.98. The molecular weight excluding hydrogens is 318 g/mol. The summed E-state index contributed by atoms with van der Waals surface area (Å²) in [4.78, 5) is 24.1. The largest absolute Gasteiger partial charge is 0.465 e. The quantitative estimate of drug-likeness (QED) is 0.850. The second-order valence-corrected chi connectivity index (χ2v) is 5.98. The van der Waals surface area contributed by atoms with Gasteiger partial charge in [-0.15, -0.1) is 0 Å². The summed E-state index contributed by atoms with van der Waals surface area (Å²) < 4.78 is 10.5. The van der Waals surface area contributed by atoms with Crippen molar-refractivity contribution in [2.75, 3.05) is 13.7 Å². The van der Waals surface area contributed by atoms with Gasteiger partial charge >= 0.3 is 5.97 Å². The fraction of sp³-hybridized carbons (Fsp3) is 0.300. The van der Waals surface area contributed by atoms with E-state index in [-0.39, 0.29) is 18.1 Å². The first-order valence-corrected chi connectivity index (χ1v) is 8.35. The van der Waals surface area contributed by atoms with Crippen LogP contribution in [0.5, 0.6) is 0 Å². The van der Waals surface area contributed by atoms with Crippen LogP contribution in [-0.2, 0) is 9.47 Å². The van der Waals surface area contributed by atoms with Crippen molar-refractivity contribution < 1.29 is 19.1 Å². The van der Waals surface area contributed by atoms with Gasteiger partial charge in [0.1, 0.15) is 0 Å². The van der Waals surface area contributed by atoms with Gasteiger partial charge in [0, 0.05) is 12.2 Å². The Kier molecular flexibility index (Phi) is 5.46. The minimum atomic E-state index is -0.423. The van der Waals surface area contributed by atoms with Crippen LogP contribution >= 0.6 is 0 Å². The van der Waals surface area contributed by atoms with E-state index in [0.29, 0.717) is 11.1 Å². The number of benzene rings is 2. The van der Waals surface area contributed by atoms with Crippen LogP contribution in [-0.4, -0.2) is 31.7 Å². The molecule has 1 N–H and O–H groups in total. The summed E-state index contributed by atoms with van der Waals surface area (Å²) in [6, 6.07) is 16.1. The molecule has 2 atom stereocenters. The van der Waals surface area contributed by atoms with Gasteiger partial charge in [0.2, 0.25) is 0 Å². The molecule has 1 aliphatic rings. The average Bonchev–Trinajstić information content (AvgIpc) is 3.20. The molecule has 1 saturated heterocycles. The molecule has 0 bridgehead atoms. The molecule has 0 aliphatic carbocycles.